The summed E-state index contributed by atoms with van der Waals surface area (Å²) in [6.45, 7) is 4.93. The van der Waals surface area contributed by atoms with Gasteiger partial charge in [-0.2, -0.15) is 9.97 Å². The van der Waals surface area contributed by atoms with Crippen LogP contribution >= 0.6 is 0 Å². The molecule has 3 rings (SSSR count). The molecule has 0 saturated carbocycles. The van der Waals surface area contributed by atoms with Crippen LogP contribution in [0.15, 0.2) is 24.3 Å². The second-order valence-electron chi connectivity index (χ2n) is 9.10. The van der Waals surface area contributed by atoms with Gasteiger partial charge >= 0.3 is 11.9 Å². The van der Waals surface area contributed by atoms with Gasteiger partial charge in [0.25, 0.3) is 5.91 Å². The number of nitrogen functional groups attached to an aromatic ring is 2. The Kier molecular flexibility index (Phi) is 7.23. The van der Waals surface area contributed by atoms with E-state index in [4.69, 9.17) is 16.6 Å². The van der Waals surface area contributed by atoms with Crippen molar-refractivity contribution < 1.29 is 24.6 Å². The summed E-state index contributed by atoms with van der Waals surface area (Å²) in [4.78, 5) is 42.8. The second-order valence-corrected chi connectivity index (χ2v) is 9.10. The minimum Gasteiger partial charge on any atom is -0.481 e. The van der Waals surface area contributed by atoms with Crippen molar-refractivity contribution in [2.45, 2.75) is 56.9 Å². The van der Waals surface area contributed by atoms with Gasteiger partial charge in [0.1, 0.15) is 17.7 Å². The smallest absolute Gasteiger partial charge is 0.326 e. The van der Waals surface area contributed by atoms with Crippen molar-refractivity contribution in [2.75, 3.05) is 23.3 Å². The van der Waals surface area contributed by atoms with Crippen LogP contribution in [0, 0.1) is 0 Å². The van der Waals surface area contributed by atoms with Crippen molar-refractivity contribution in [1.29, 1.82) is 0 Å². The van der Waals surface area contributed by atoms with Crippen LogP contribution < -0.4 is 22.1 Å². The molecule has 1 aliphatic heterocycles. The van der Waals surface area contributed by atoms with Crippen LogP contribution in [-0.2, 0) is 15.0 Å². The number of nitrogens with one attached hydrogen (secondary N) is 2. The van der Waals surface area contributed by atoms with E-state index in [1.165, 1.54) is 0 Å². The summed E-state index contributed by atoms with van der Waals surface area (Å²) in [5, 5.41) is 23.6. The van der Waals surface area contributed by atoms with Gasteiger partial charge in [0.05, 0.1) is 0 Å². The molecular weight excluding hydrogens is 440 g/mol. The van der Waals surface area contributed by atoms with Gasteiger partial charge < -0.3 is 32.3 Å². The Bertz CT molecular complexity index is 1090. The number of rotatable bonds is 10. The zero-order chi connectivity index (χ0) is 25.0. The van der Waals surface area contributed by atoms with E-state index in [1.54, 1.807) is 12.1 Å². The third kappa shape index (κ3) is 5.72. The summed E-state index contributed by atoms with van der Waals surface area (Å²) in [5.41, 5.74) is 13.8. The lowest BCUT2D eigenvalue weighted by Gasteiger charge is -2.27. The predicted octanol–water partition coefficient (Wildman–Crippen LogP) is 1.96. The fourth-order valence-corrected chi connectivity index (χ4v) is 4.13. The van der Waals surface area contributed by atoms with Crippen LogP contribution in [0.2, 0.25) is 0 Å². The van der Waals surface area contributed by atoms with Gasteiger partial charge in [0.2, 0.25) is 5.95 Å². The van der Waals surface area contributed by atoms with E-state index >= 15 is 0 Å². The molecule has 1 aromatic heterocycles. The molecule has 0 fully saturated rings. The minimum absolute atomic E-state index is 0.144. The molecule has 182 valence electrons. The van der Waals surface area contributed by atoms with Gasteiger partial charge in [-0.05, 0) is 42.4 Å². The van der Waals surface area contributed by atoms with Crippen LogP contribution in [0.1, 0.15) is 66.9 Å². The molecule has 1 amide bonds. The molecule has 0 spiro atoms. The number of carbonyl (C=O) groups excluding carboxylic acids is 1. The summed E-state index contributed by atoms with van der Waals surface area (Å²) < 4.78 is 0. The molecule has 0 radical (unpaired) electrons. The van der Waals surface area contributed by atoms with E-state index in [0.29, 0.717) is 23.7 Å². The molecule has 2 heterocycles. The zero-order valence-electron chi connectivity index (χ0n) is 19.2. The van der Waals surface area contributed by atoms with Gasteiger partial charge in [0.15, 0.2) is 0 Å². The molecule has 1 aliphatic rings. The number of carbonyl (C=O) groups is 3. The average molecular weight is 471 g/mol. The van der Waals surface area contributed by atoms with E-state index < -0.39 is 23.9 Å². The number of aliphatic carboxylic acids is 2. The van der Waals surface area contributed by atoms with Gasteiger partial charge in [-0.15, -0.1) is 0 Å². The third-order valence-electron chi connectivity index (χ3n) is 6.21. The highest BCUT2D eigenvalue weighted by molar-refractivity contribution is 5.96. The number of benzene rings is 1. The lowest BCUT2D eigenvalue weighted by Crippen LogP contribution is -2.41. The molecule has 2 atom stereocenters. The minimum atomic E-state index is -1.27. The molecule has 0 bridgehead atoms. The van der Waals surface area contributed by atoms with Gasteiger partial charge in [-0.1, -0.05) is 26.0 Å². The van der Waals surface area contributed by atoms with Crippen molar-refractivity contribution in [3.05, 3.63) is 41.0 Å². The lowest BCUT2D eigenvalue weighted by atomic mass is 9.78. The number of carboxylic acids is 2. The number of hydrogen-bond acceptors (Lipinski definition) is 8. The quantitative estimate of drug-likeness (QED) is 0.299. The first-order valence-electron chi connectivity index (χ1n) is 11.0. The maximum Gasteiger partial charge on any atom is 0.326 e. The first-order valence-corrected chi connectivity index (χ1v) is 11.0. The highest BCUT2D eigenvalue weighted by atomic mass is 16.4. The Labute approximate surface area is 197 Å². The molecule has 11 heteroatoms. The van der Waals surface area contributed by atoms with E-state index in [1.807, 2.05) is 12.1 Å². The Morgan fingerprint density at radius 1 is 1.18 bits per heavy atom. The normalized spacial score (nSPS) is 15.8. The second kappa shape index (κ2) is 9.94. The van der Waals surface area contributed by atoms with Crippen LogP contribution in [-0.4, -0.2) is 50.6 Å². The fraction of sp³-hybridized carbons (Fsp3) is 0.435. The van der Waals surface area contributed by atoms with Gasteiger partial charge in [0, 0.05) is 30.0 Å². The van der Waals surface area contributed by atoms with E-state index in [9.17, 15) is 19.5 Å². The van der Waals surface area contributed by atoms with E-state index in [-0.39, 0.29) is 30.1 Å². The number of amides is 1. The summed E-state index contributed by atoms with van der Waals surface area (Å²) >= 11 is 0. The van der Waals surface area contributed by atoms with Crippen molar-refractivity contribution >= 4 is 35.4 Å². The largest absolute Gasteiger partial charge is 0.481 e. The Hall–Kier alpha value is -3.89. The highest BCUT2D eigenvalue weighted by Crippen LogP contribution is 2.40. The van der Waals surface area contributed by atoms with E-state index in [0.717, 1.165) is 24.0 Å². The molecule has 34 heavy (non-hydrogen) atoms. The SMILES string of the molecule is CC(C)(CCC1CNc2nc(N)nc(N)c21)c1ccc(C(=O)N[C@@H](CCC(=O)O)C(=O)O)cc1. The monoisotopic (exact) mass is 470 g/mol. The van der Waals surface area contributed by atoms with Crippen molar-refractivity contribution in [2.24, 2.45) is 0 Å². The maximum atomic E-state index is 12.5. The molecule has 8 N–H and O–H groups in total. The predicted molar refractivity (Wildman–Crippen MR) is 127 cm³/mol. The molecule has 0 saturated heterocycles. The van der Waals surface area contributed by atoms with Crippen LogP contribution in [0.4, 0.5) is 17.6 Å². The number of aromatic nitrogens is 2. The topological polar surface area (TPSA) is 194 Å². The first kappa shape index (κ1) is 24.7. The van der Waals surface area contributed by atoms with Crippen molar-refractivity contribution in [3.8, 4) is 0 Å². The van der Waals surface area contributed by atoms with Crippen molar-refractivity contribution in [1.82, 2.24) is 15.3 Å². The molecular formula is C23H30N6O5. The number of nitrogens with zero attached hydrogens (tertiary/aromatic N) is 2. The number of carboxylic acid groups (broad SMARTS) is 2. The number of anilines is 3. The third-order valence-corrected chi connectivity index (χ3v) is 6.21. The zero-order valence-corrected chi connectivity index (χ0v) is 19.2. The lowest BCUT2D eigenvalue weighted by molar-refractivity contribution is -0.140. The molecule has 1 aromatic carbocycles. The van der Waals surface area contributed by atoms with E-state index in [2.05, 4.69) is 34.4 Å². The number of fused-ring (bicyclic) bond motifs is 1. The Morgan fingerprint density at radius 2 is 1.85 bits per heavy atom. The van der Waals surface area contributed by atoms with Crippen LogP contribution in [0.3, 0.4) is 0 Å². The van der Waals surface area contributed by atoms with Crippen molar-refractivity contribution in [3.63, 3.8) is 0 Å². The summed E-state index contributed by atoms with van der Waals surface area (Å²) in [5.74, 6) is -1.57. The first-order chi connectivity index (χ1) is 16.0. The summed E-state index contributed by atoms with van der Waals surface area (Å²) in [6, 6.07) is 5.71. The molecule has 11 nitrogen and oxygen atoms in total. The summed E-state index contributed by atoms with van der Waals surface area (Å²) in [6.07, 6.45) is 1.14. The standard InChI is InChI=1S/C23H30N6O5/c1-23(2,10-9-13-11-26-19-17(13)18(24)28-22(25)29-19)14-5-3-12(4-6-14)20(32)27-15(21(33)34)7-8-16(30)31/h3-6,13,15H,7-11H2,1-2H3,(H,27,32)(H,30,31)(H,33,34)(H5,24,25,26,28,29)/t13?,15-/m0/s1. The number of hydrogen-bond donors (Lipinski definition) is 6. The Morgan fingerprint density at radius 3 is 2.47 bits per heavy atom. The molecule has 1 unspecified atom stereocenters. The van der Waals surface area contributed by atoms with Crippen LogP contribution in [0.25, 0.3) is 0 Å². The highest BCUT2D eigenvalue weighted by Gasteiger charge is 2.30. The number of nitrogens with two attached hydrogens (primary N) is 2. The average Bonchev–Trinajstić information content (AvgIpc) is 3.18. The molecule has 0 aliphatic carbocycles. The maximum absolute atomic E-state index is 12.5. The van der Waals surface area contributed by atoms with Gasteiger partial charge in [-0.3, -0.25) is 9.59 Å². The Balaban J connectivity index is 1.63. The molecule has 2 aromatic rings. The van der Waals surface area contributed by atoms with Crippen LogP contribution in [0.5, 0.6) is 0 Å². The fourth-order valence-electron chi connectivity index (χ4n) is 4.13. The summed E-state index contributed by atoms with van der Waals surface area (Å²) in [7, 11) is 0. The van der Waals surface area contributed by atoms with Gasteiger partial charge in [-0.25, -0.2) is 4.79 Å².